The predicted octanol–water partition coefficient (Wildman–Crippen LogP) is 2.62. The van der Waals surface area contributed by atoms with Crippen molar-refractivity contribution in [2.75, 3.05) is 0 Å². The largest absolute Gasteiger partial charge is 0.0656 e. The standard InChI is InChI=1S/C10H24Si/c1-9(2)5-4-6-10(3)7-8-11/h9-10H,4-8H2,1-3,11H3. The third-order valence-corrected chi connectivity index (χ3v) is 2.84. The van der Waals surface area contributed by atoms with E-state index in [2.05, 4.69) is 20.8 Å². The Labute approximate surface area is 75.2 Å². The molecule has 1 unspecified atom stereocenters. The Hall–Kier alpha value is 0.217. The lowest BCUT2D eigenvalue weighted by Gasteiger charge is -2.10. The van der Waals surface area contributed by atoms with Crippen molar-refractivity contribution < 1.29 is 0 Å². The fraction of sp³-hybridized carbons (Fsp3) is 1.00. The minimum atomic E-state index is 0.901. The molecule has 0 radical (unpaired) electrons. The predicted molar refractivity (Wildman–Crippen MR) is 57.2 cm³/mol. The van der Waals surface area contributed by atoms with Gasteiger partial charge in [-0.3, -0.25) is 0 Å². The molecule has 0 heterocycles. The molecule has 0 spiro atoms. The molecule has 0 amide bonds. The van der Waals surface area contributed by atoms with Crippen LogP contribution in [0.25, 0.3) is 0 Å². The molecular weight excluding hydrogens is 148 g/mol. The van der Waals surface area contributed by atoms with Gasteiger partial charge < -0.3 is 0 Å². The summed E-state index contributed by atoms with van der Waals surface area (Å²) in [5.74, 6) is 1.89. The summed E-state index contributed by atoms with van der Waals surface area (Å²) in [7, 11) is 1.39. The molecule has 0 aromatic carbocycles. The first-order chi connectivity index (χ1) is 5.16. The van der Waals surface area contributed by atoms with Gasteiger partial charge in [0.15, 0.2) is 0 Å². The summed E-state index contributed by atoms with van der Waals surface area (Å²) in [6.45, 7) is 7.03. The molecule has 0 fully saturated rings. The van der Waals surface area contributed by atoms with Gasteiger partial charge in [-0.25, -0.2) is 0 Å². The van der Waals surface area contributed by atoms with Gasteiger partial charge in [0.25, 0.3) is 0 Å². The molecule has 0 aromatic heterocycles. The molecule has 68 valence electrons. The third-order valence-electron chi connectivity index (χ3n) is 2.26. The maximum Gasteiger partial charge on any atom is 0.00281 e. The summed E-state index contributed by atoms with van der Waals surface area (Å²) in [5, 5.41) is 0. The minimum absolute atomic E-state index is 0.901. The second kappa shape index (κ2) is 6.90. The monoisotopic (exact) mass is 172 g/mol. The van der Waals surface area contributed by atoms with Crippen molar-refractivity contribution in [2.45, 2.75) is 52.5 Å². The van der Waals surface area contributed by atoms with Crippen molar-refractivity contribution in [2.24, 2.45) is 11.8 Å². The molecule has 0 aliphatic carbocycles. The molecule has 0 bridgehead atoms. The molecule has 11 heavy (non-hydrogen) atoms. The van der Waals surface area contributed by atoms with E-state index in [1.54, 1.807) is 0 Å². The quantitative estimate of drug-likeness (QED) is 0.540. The van der Waals surface area contributed by atoms with E-state index in [9.17, 15) is 0 Å². The molecule has 0 aliphatic rings. The highest BCUT2D eigenvalue weighted by atomic mass is 28.1. The topological polar surface area (TPSA) is 0 Å². The molecule has 0 saturated carbocycles. The summed E-state index contributed by atoms with van der Waals surface area (Å²) < 4.78 is 0. The highest BCUT2D eigenvalue weighted by molar-refractivity contribution is 6.08. The van der Waals surface area contributed by atoms with E-state index in [-0.39, 0.29) is 0 Å². The lowest BCUT2D eigenvalue weighted by Crippen LogP contribution is -1.96. The Morgan fingerprint density at radius 3 is 2.09 bits per heavy atom. The van der Waals surface area contributed by atoms with Crippen molar-refractivity contribution >= 4 is 10.2 Å². The van der Waals surface area contributed by atoms with Gasteiger partial charge in [-0.2, -0.15) is 0 Å². The fourth-order valence-corrected chi connectivity index (χ4v) is 2.50. The molecule has 0 aromatic rings. The Bertz CT molecular complexity index is 78.9. The minimum Gasteiger partial charge on any atom is -0.0656 e. The van der Waals surface area contributed by atoms with Crippen LogP contribution in [0.3, 0.4) is 0 Å². The lowest BCUT2D eigenvalue weighted by molar-refractivity contribution is 0.449. The number of hydrogen-bond acceptors (Lipinski definition) is 0. The summed E-state index contributed by atoms with van der Waals surface area (Å²) in [6.07, 6.45) is 5.80. The zero-order valence-electron chi connectivity index (χ0n) is 8.69. The number of hydrogen-bond donors (Lipinski definition) is 0. The first-order valence-electron chi connectivity index (χ1n) is 5.16. The average molecular weight is 172 g/mol. The second-order valence-corrected chi connectivity index (χ2v) is 5.22. The maximum absolute atomic E-state index is 2.40. The van der Waals surface area contributed by atoms with Gasteiger partial charge in [-0.1, -0.05) is 52.5 Å². The van der Waals surface area contributed by atoms with Gasteiger partial charge in [-0.15, -0.1) is 0 Å². The van der Waals surface area contributed by atoms with E-state index >= 15 is 0 Å². The van der Waals surface area contributed by atoms with Crippen LogP contribution in [0.15, 0.2) is 0 Å². The zero-order chi connectivity index (χ0) is 8.69. The van der Waals surface area contributed by atoms with E-state index in [0.29, 0.717) is 0 Å². The SMILES string of the molecule is CC(C)CCCC(C)CC[SiH3]. The van der Waals surface area contributed by atoms with Crippen molar-refractivity contribution in [3.63, 3.8) is 0 Å². The van der Waals surface area contributed by atoms with Gasteiger partial charge in [0.1, 0.15) is 0 Å². The first-order valence-corrected chi connectivity index (χ1v) is 6.58. The average Bonchev–Trinajstić information content (AvgIpc) is 1.87. The summed E-state index contributed by atoms with van der Waals surface area (Å²) in [6, 6.07) is 1.49. The Morgan fingerprint density at radius 1 is 1.00 bits per heavy atom. The Balaban J connectivity index is 3.10. The highest BCUT2D eigenvalue weighted by Crippen LogP contribution is 2.15. The van der Waals surface area contributed by atoms with E-state index in [0.717, 1.165) is 11.8 Å². The third kappa shape index (κ3) is 8.12. The fourth-order valence-electron chi connectivity index (χ4n) is 1.51. The summed E-state index contributed by atoms with van der Waals surface area (Å²) >= 11 is 0. The van der Waals surface area contributed by atoms with Gasteiger partial charge >= 0.3 is 0 Å². The van der Waals surface area contributed by atoms with E-state index in [1.807, 2.05) is 0 Å². The van der Waals surface area contributed by atoms with Crippen molar-refractivity contribution in [3.8, 4) is 0 Å². The van der Waals surface area contributed by atoms with Crippen molar-refractivity contribution in [3.05, 3.63) is 0 Å². The second-order valence-electron chi connectivity index (χ2n) is 4.22. The molecule has 0 saturated heterocycles. The van der Waals surface area contributed by atoms with Crippen LogP contribution in [0.2, 0.25) is 6.04 Å². The van der Waals surface area contributed by atoms with E-state index in [4.69, 9.17) is 0 Å². The normalized spacial score (nSPS) is 14.2. The van der Waals surface area contributed by atoms with Crippen LogP contribution in [-0.2, 0) is 0 Å². The molecule has 1 heteroatoms. The van der Waals surface area contributed by atoms with Crippen LogP contribution in [0.4, 0.5) is 0 Å². The smallest absolute Gasteiger partial charge is 0.00281 e. The van der Waals surface area contributed by atoms with Crippen LogP contribution < -0.4 is 0 Å². The van der Waals surface area contributed by atoms with Crippen LogP contribution >= 0.6 is 0 Å². The zero-order valence-corrected chi connectivity index (χ0v) is 10.7. The first kappa shape index (κ1) is 11.2. The maximum atomic E-state index is 2.40. The molecule has 0 N–H and O–H groups in total. The van der Waals surface area contributed by atoms with E-state index < -0.39 is 0 Å². The van der Waals surface area contributed by atoms with Crippen LogP contribution in [0.1, 0.15) is 46.5 Å². The Kier molecular flexibility index (Phi) is 7.03. The number of rotatable bonds is 6. The molecular formula is C10H24Si. The molecule has 0 nitrogen and oxygen atoms in total. The summed E-state index contributed by atoms with van der Waals surface area (Å²) in [4.78, 5) is 0. The van der Waals surface area contributed by atoms with Gasteiger partial charge in [0.05, 0.1) is 0 Å². The molecule has 0 aliphatic heterocycles. The lowest BCUT2D eigenvalue weighted by atomic mass is 9.98. The van der Waals surface area contributed by atoms with Gasteiger partial charge in [0.2, 0.25) is 0 Å². The van der Waals surface area contributed by atoms with Gasteiger partial charge in [-0.05, 0) is 11.8 Å². The van der Waals surface area contributed by atoms with Gasteiger partial charge in [0, 0.05) is 10.2 Å². The van der Waals surface area contributed by atoms with Crippen LogP contribution in [-0.4, -0.2) is 10.2 Å². The van der Waals surface area contributed by atoms with E-state index in [1.165, 1.54) is 42.0 Å². The Morgan fingerprint density at radius 2 is 1.64 bits per heavy atom. The van der Waals surface area contributed by atoms with Crippen molar-refractivity contribution in [1.82, 2.24) is 0 Å². The van der Waals surface area contributed by atoms with Crippen LogP contribution in [0, 0.1) is 11.8 Å². The van der Waals surface area contributed by atoms with Crippen LogP contribution in [0.5, 0.6) is 0 Å². The highest BCUT2D eigenvalue weighted by Gasteiger charge is 2.00. The molecule has 0 rings (SSSR count). The van der Waals surface area contributed by atoms with Crippen molar-refractivity contribution in [1.29, 1.82) is 0 Å². The molecule has 1 atom stereocenters. The summed E-state index contributed by atoms with van der Waals surface area (Å²) in [5.41, 5.74) is 0.